The van der Waals surface area contributed by atoms with Crippen LogP contribution in [0, 0.1) is 0 Å². The van der Waals surface area contributed by atoms with E-state index < -0.39 is 12.0 Å². The van der Waals surface area contributed by atoms with E-state index in [0.717, 1.165) is 6.42 Å². The number of nitrogens with one attached hydrogen (secondary N) is 1. The first-order valence-electron chi connectivity index (χ1n) is 4.61. The summed E-state index contributed by atoms with van der Waals surface area (Å²) in [6.07, 6.45) is 1.39. The zero-order chi connectivity index (χ0) is 11.0. The van der Waals surface area contributed by atoms with Crippen molar-refractivity contribution < 1.29 is 14.3 Å². The van der Waals surface area contributed by atoms with Crippen molar-refractivity contribution in [2.75, 3.05) is 12.5 Å². The molecule has 0 saturated heterocycles. The molecule has 0 radical (unpaired) electrons. The number of halogens is 1. The van der Waals surface area contributed by atoms with Gasteiger partial charge in [-0.25, -0.2) is 4.79 Å². The molecule has 0 aliphatic heterocycles. The Morgan fingerprint density at radius 1 is 1.50 bits per heavy atom. The van der Waals surface area contributed by atoms with Gasteiger partial charge in [0.15, 0.2) is 0 Å². The van der Waals surface area contributed by atoms with Gasteiger partial charge >= 0.3 is 5.97 Å². The third-order valence-electron chi connectivity index (χ3n) is 1.56. The van der Waals surface area contributed by atoms with E-state index in [-0.39, 0.29) is 18.4 Å². The van der Waals surface area contributed by atoms with Gasteiger partial charge < -0.3 is 10.1 Å². The number of carbonyl (C=O) groups is 2. The fourth-order valence-electron chi connectivity index (χ4n) is 1.02. The van der Waals surface area contributed by atoms with Gasteiger partial charge in [-0.15, -0.1) is 11.6 Å². The summed E-state index contributed by atoms with van der Waals surface area (Å²) in [4.78, 5) is 22.1. The largest absolute Gasteiger partial charge is 0.463 e. The second kappa shape index (κ2) is 7.62. The molecule has 0 bridgehead atoms. The minimum Gasteiger partial charge on any atom is -0.463 e. The molecule has 0 saturated carbocycles. The predicted octanol–water partition coefficient (Wildman–Crippen LogP) is 1.07. The van der Waals surface area contributed by atoms with Crippen LogP contribution in [0.3, 0.4) is 0 Å². The summed E-state index contributed by atoms with van der Waals surface area (Å²) in [7, 11) is 0. The molecular weight excluding hydrogens is 206 g/mol. The number of hydrogen-bond acceptors (Lipinski definition) is 3. The van der Waals surface area contributed by atoms with Crippen molar-refractivity contribution in [3.63, 3.8) is 0 Å². The highest BCUT2D eigenvalue weighted by Crippen LogP contribution is 1.99. The minimum atomic E-state index is -0.541. The molecule has 0 aliphatic rings. The van der Waals surface area contributed by atoms with E-state index >= 15 is 0 Å². The normalized spacial score (nSPS) is 11.9. The molecular formula is C9H16ClNO3. The van der Waals surface area contributed by atoms with Crippen LogP contribution in [0.5, 0.6) is 0 Å². The first-order chi connectivity index (χ1) is 6.61. The average molecular weight is 222 g/mol. The van der Waals surface area contributed by atoms with Crippen LogP contribution in [-0.2, 0) is 14.3 Å². The fourth-order valence-corrected chi connectivity index (χ4v) is 1.10. The van der Waals surface area contributed by atoms with Gasteiger partial charge in [0.2, 0.25) is 5.91 Å². The summed E-state index contributed by atoms with van der Waals surface area (Å²) in [5.41, 5.74) is 0. The molecule has 0 heterocycles. The van der Waals surface area contributed by atoms with Gasteiger partial charge in [-0.2, -0.15) is 0 Å². The summed E-state index contributed by atoms with van der Waals surface area (Å²) >= 11 is 5.37. The van der Waals surface area contributed by atoms with Gasteiger partial charge in [-0.3, -0.25) is 4.79 Å². The number of rotatable bonds is 6. The summed E-state index contributed by atoms with van der Waals surface area (Å²) in [6.45, 7) is 3.49. The average Bonchev–Trinajstić information content (AvgIpc) is 2.13. The Bertz CT molecular complexity index is 196. The lowest BCUT2D eigenvalue weighted by atomic mass is 10.1. The molecule has 0 spiro atoms. The molecule has 0 rings (SSSR count). The SMILES string of the molecule is CCC[C@H](NC(C)=O)C(=O)OCCCl. The van der Waals surface area contributed by atoms with Crippen LogP contribution >= 0.6 is 11.6 Å². The lowest BCUT2D eigenvalue weighted by molar-refractivity contribution is -0.147. The van der Waals surface area contributed by atoms with E-state index in [0.29, 0.717) is 6.42 Å². The van der Waals surface area contributed by atoms with Crippen LogP contribution in [0.15, 0.2) is 0 Å². The Kier molecular flexibility index (Phi) is 7.20. The highest BCUT2D eigenvalue weighted by molar-refractivity contribution is 6.18. The van der Waals surface area contributed by atoms with Crippen LogP contribution in [0.4, 0.5) is 0 Å². The van der Waals surface area contributed by atoms with Crippen molar-refractivity contribution in [2.45, 2.75) is 32.7 Å². The Hall–Kier alpha value is -0.770. The molecule has 0 aromatic carbocycles. The number of ether oxygens (including phenoxy) is 1. The van der Waals surface area contributed by atoms with E-state index in [1.165, 1.54) is 6.92 Å². The van der Waals surface area contributed by atoms with Crippen molar-refractivity contribution in [1.29, 1.82) is 0 Å². The van der Waals surface area contributed by atoms with Crippen LogP contribution in [0.1, 0.15) is 26.7 Å². The van der Waals surface area contributed by atoms with Crippen molar-refractivity contribution in [2.24, 2.45) is 0 Å². The summed E-state index contributed by atoms with van der Waals surface area (Å²) in [6, 6.07) is -0.541. The van der Waals surface area contributed by atoms with Crippen molar-refractivity contribution in [3.8, 4) is 0 Å². The zero-order valence-corrected chi connectivity index (χ0v) is 9.26. The molecule has 1 N–H and O–H groups in total. The molecule has 0 aromatic heterocycles. The number of carbonyl (C=O) groups excluding carboxylic acids is 2. The summed E-state index contributed by atoms with van der Waals surface area (Å²) in [5, 5.41) is 2.53. The maximum absolute atomic E-state index is 11.3. The topological polar surface area (TPSA) is 55.4 Å². The standard InChI is InChI=1S/C9H16ClNO3/c1-3-4-8(11-7(2)12)9(13)14-6-5-10/h8H,3-6H2,1-2H3,(H,11,12)/t8-/m0/s1. The molecule has 82 valence electrons. The first kappa shape index (κ1) is 13.2. The highest BCUT2D eigenvalue weighted by Gasteiger charge is 2.19. The quantitative estimate of drug-likeness (QED) is 0.539. The van der Waals surface area contributed by atoms with E-state index in [1.807, 2.05) is 6.92 Å². The summed E-state index contributed by atoms with van der Waals surface area (Å²) < 4.78 is 4.82. The van der Waals surface area contributed by atoms with E-state index in [2.05, 4.69) is 5.32 Å². The number of hydrogen-bond donors (Lipinski definition) is 1. The second-order valence-corrected chi connectivity index (χ2v) is 3.28. The van der Waals surface area contributed by atoms with Gasteiger partial charge in [0.1, 0.15) is 12.6 Å². The van der Waals surface area contributed by atoms with E-state index in [4.69, 9.17) is 16.3 Å². The molecule has 5 heteroatoms. The van der Waals surface area contributed by atoms with Gasteiger partial charge in [-0.1, -0.05) is 13.3 Å². The van der Waals surface area contributed by atoms with Gasteiger partial charge in [0, 0.05) is 6.92 Å². The van der Waals surface area contributed by atoms with Crippen LogP contribution < -0.4 is 5.32 Å². The number of alkyl halides is 1. The summed E-state index contributed by atoms with van der Waals surface area (Å²) in [5.74, 6) is -0.376. The third-order valence-corrected chi connectivity index (χ3v) is 1.72. The van der Waals surface area contributed by atoms with Gasteiger partial charge in [-0.05, 0) is 6.42 Å². The Morgan fingerprint density at radius 2 is 2.14 bits per heavy atom. The Balaban J connectivity index is 4.03. The van der Waals surface area contributed by atoms with E-state index in [9.17, 15) is 9.59 Å². The molecule has 4 nitrogen and oxygen atoms in total. The van der Waals surface area contributed by atoms with Crippen LogP contribution in [0.2, 0.25) is 0 Å². The maximum atomic E-state index is 11.3. The van der Waals surface area contributed by atoms with Crippen LogP contribution in [0.25, 0.3) is 0 Å². The zero-order valence-electron chi connectivity index (χ0n) is 8.51. The first-order valence-corrected chi connectivity index (χ1v) is 5.15. The van der Waals surface area contributed by atoms with Crippen LogP contribution in [-0.4, -0.2) is 30.4 Å². The molecule has 0 fully saturated rings. The van der Waals surface area contributed by atoms with E-state index in [1.54, 1.807) is 0 Å². The number of esters is 1. The third kappa shape index (κ3) is 5.80. The second-order valence-electron chi connectivity index (χ2n) is 2.90. The smallest absolute Gasteiger partial charge is 0.328 e. The minimum absolute atomic E-state index is 0.181. The molecule has 0 aliphatic carbocycles. The van der Waals surface area contributed by atoms with Gasteiger partial charge in [0.25, 0.3) is 0 Å². The molecule has 0 unspecified atom stereocenters. The highest BCUT2D eigenvalue weighted by atomic mass is 35.5. The molecule has 1 amide bonds. The Labute approximate surface area is 88.9 Å². The molecule has 0 aromatic rings. The lowest BCUT2D eigenvalue weighted by Crippen LogP contribution is -2.40. The predicted molar refractivity (Wildman–Crippen MR) is 54.2 cm³/mol. The monoisotopic (exact) mass is 221 g/mol. The van der Waals surface area contributed by atoms with Crippen molar-refractivity contribution in [1.82, 2.24) is 5.32 Å². The fraction of sp³-hybridized carbons (Fsp3) is 0.778. The van der Waals surface area contributed by atoms with Crippen molar-refractivity contribution in [3.05, 3.63) is 0 Å². The lowest BCUT2D eigenvalue weighted by Gasteiger charge is -2.15. The van der Waals surface area contributed by atoms with Crippen molar-refractivity contribution >= 4 is 23.5 Å². The Morgan fingerprint density at radius 3 is 2.57 bits per heavy atom. The molecule has 14 heavy (non-hydrogen) atoms. The van der Waals surface area contributed by atoms with Gasteiger partial charge in [0.05, 0.1) is 5.88 Å². The molecule has 1 atom stereocenters. The maximum Gasteiger partial charge on any atom is 0.328 e. The number of amides is 1.